The van der Waals surface area contributed by atoms with Gasteiger partial charge in [0, 0.05) is 20.2 Å². The highest BCUT2D eigenvalue weighted by molar-refractivity contribution is 5.76. The predicted octanol–water partition coefficient (Wildman–Crippen LogP) is 0.967. The summed E-state index contributed by atoms with van der Waals surface area (Å²) < 4.78 is 7.13. The summed E-state index contributed by atoms with van der Waals surface area (Å²) in [6.45, 7) is 6.33. The molecule has 0 aromatic carbocycles. The number of hydrogen-bond donors (Lipinski definition) is 1. The van der Waals surface area contributed by atoms with Gasteiger partial charge < -0.3 is 15.4 Å². The van der Waals surface area contributed by atoms with Crippen LogP contribution < -0.4 is 5.73 Å². The molecule has 0 aliphatic carbocycles. The third-order valence-corrected chi connectivity index (χ3v) is 3.93. The first-order valence-corrected chi connectivity index (χ1v) is 7.10. The van der Waals surface area contributed by atoms with Crippen LogP contribution in [0.5, 0.6) is 0 Å². The molecular formula is C14H24N4O2. The Hall–Kier alpha value is -1.56. The Morgan fingerprint density at radius 3 is 2.85 bits per heavy atom. The molecular weight excluding hydrogens is 256 g/mol. The van der Waals surface area contributed by atoms with Crippen molar-refractivity contribution in [3.05, 3.63) is 11.4 Å². The zero-order chi connectivity index (χ0) is 14.7. The van der Waals surface area contributed by atoms with E-state index in [2.05, 4.69) is 5.10 Å². The molecule has 2 rings (SSSR count). The highest BCUT2D eigenvalue weighted by atomic mass is 16.5. The summed E-state index contributed by atoms with van der Waals surface area (Å²) >= 11 is 0. The number of aromatic nitrogens is 2. The van der Waals surface area contributed by atoms with Crippen molar-refractivity contribution in [1.82, 2.24) is 14.7 Å². The molecule has 1 aliphatic heterocycles. The predicted molar refractivity (Wildman–Crippen MR) is 77.3 cm³/mol. The molecule has 2 heterocycles. The van der Waals surface area contributed by atoms with Gasteiger partial charge in [0.2, 0.25) is 5.91 Å². The quantitative estimate of drug-likeness (QED) is 0.892. The molecule has 20 heavy (non-hydrogen) atoms. The van der Waals surface area contributed by atoms with Gasteiger partial charge in [-0.3, -0.25) is 9.48 Å². The highest BCUT2D eigenvalue weighted by Gasteiger charge is 2.20. The van der Waals surface area contributed by atoms with Crippen molar-refractivity contribution in [3.8, 4) is 0 Å². The average molecular weight is 280 g/mol. The summed E-state index contributed by atoms with van der Waals surface area (Å²) in [5.41, 5.74) is 8.18. The maximum atomic E-state index is 12.2. The molecule has 0 bridgehead atoms. The van der Waals surface area contributed by atoms with Crippen LogP contribution in [0.15, 0.2) is 0 Å². The summed E-state index contributed by atoms with van der Waals surface area (Å²) in [6.07, 6.45) is 2.21. The van der Waals surface area contributed by atoms with Crippen LogP contribution in [0.4, 0.5) is 5.69 Å². The van der Waals surface area contributed by atoms with Crippen molar-refractivity contribution < 1.29 is 9.53 Å². The first-order valence-electron chi connectivity index (χ1n) is 7.10. The van der Waals surface area contributed by atoms with Crippen LogP contribution in [0, 0.1) is 19.8 Å². The van der Waals surface area contributed by atoms with Gasteiger partial charge in [-0.1, -0.05) is 0 Å². The molecule has 1 unspecified atom stereocenters. The van der Waals surface area contributed by atoms with Gasteiger partial charge in [0.05, 0.1) is 23.7 Å². The second kappa shape index (κ2) is 6.26. The first kappa shape index (κ1) is 14.8. The molecule has 0 spiro atoms. The molecule has 1 aliphatic rings. The third kappa shape index (κ3) is 3.30. The molecule has 6 heteroatoms. The molecule has 1 fully saturated rings. The first-order chi connectivity index (χ1) is 9.49. The standard InChI is InChI=1S/C14H24N4O2/c1-10-14(15)11(2)18(16-10)8-13(19)17(3)7-12-5-4-6-20-9-12/h12H,4-9,15H2,1-3H3. The second-order valence-corrected chi connectivity index (χ2v) is 5.60. The maximum absolute atomic E-state index is 12.2. The summed E-state index contributed by atoms with van der Waals surface area (Å²) in [6, 6.07) is 0. The van der Waals surface area contributed by atoms with Gasteiger partial charge in [0.25, 0.3) is 0 Å². The van der Waals surface area contributed by atoms with Crippen LogP contribution in [0.2, 0.25) is 0 Å². The Balaban J connectivity index is 1.91. The molecule has 1 aromatic rings. The van der Waals surface area contributed by atoms with Crippen molar-refractivity contribution in [2.75, 3.05) is 32.5 Å². The summed E-state index contributed by atoms with van der Waals surface area (Å²) in [4.78, 5) is 14.0. The third-order valence-electron chi connectivity index (χ3n) is 3.93. The number of aryl methyl sites for hydroxylation is 1. The molecule has 1 atom stereocenters. The highest BCUT2D eigenvalue weighted by Crippen LogP contribution is 2.16. The fourth-order valence-corrected chi connectivity index (χ4v) is 2.55. The van der Waals surface area contributed by atoms with Crippen LogP contribution in [-0.4, -0.2) is 47.4 Å². The van der Waals surface area contributed by atoms with Crippen LogP contribution in [0.25, 0.3) is 0 Å². The number of likely N-dealkylation sites (N-methyl/N-ethyl adjacent to an activating group) is 1. The Morgan fingerprint density at radius 2 is 2.30 bits per heavy atom. The van der Waals surface area contributed by atoms with E-state index in [1.165, 1.54) is 0 Å². The largest absolute Gasteiger partial charge is 0.396 e. The van der Waals surface area contributed by atoms with Gasteiger partial charge in [0.1, 0.15) is 6.54 Å². The van der Waals surface area contributed by atoms with Gasteiger partial charge in [-0.2, -0.15) is 5.10 Å². The van der Waals surface area contributed by atoms with E-state index in [0.29, 0.717) is 11.6 Å². The van der Waals surface area contributed by atoms with E-state index in [4.69, 9.17) is 10.5 Å². The molecule has 6 nitrogen and oxygen atoms in total. The van der Waals surface area contributed by atoms with E-state index in [0.717, 1.165) is 44.0 Å². The Kier molecular flexibility index (Phi) is 4.65. The number of rotatable bonds is 4. The number of hydrogen-bond acceptors (Lipinski definition) is 4. The summed E-state index contributed by atoms with van der Waals surface area (Å²) in [5.74, 6) is 0.504. The minimum Gasteiger partial charge on any atom is -0.396 e. The molecule has 0 radical (unpaired) electrons. The van der Waals surface area contributed by atoms with Gasteiger partial charge in [-0.25, -0.2) is 0 Å². The molecule has 1 saturated heterocycles. The number of anilines is 1. The van der Waals surface area contributed by atoms with Crippen molar-refractivity contribution in [3.63, 3.8) is 0 Å². The Morgan fingerprint density at radius 1 is 1.55 bits per heavy atom. The monoisotopic (exact) mass is 280 g/mol. The van der Waals surface area contributed by atoms with Gasteiger partial charge in [0.15, 0.2) is 0 Å². The van der Waals surface area contributed by atoms with Crippen LogP contribution in [-0.2, 0) is 16.1 Å². The van der Waals surface area contributed by atoms with E-state index < -0.39 is 0 Å². The number of nitrogens with two attached hydrogens (primary N) is 1. The lowest BCUT2D eigenvalue weighted by molar-refractivity contribution is -0.131. The zero-order valence-electron chi connectivity index (χ0n) is 12.6. The summed E-state index contributed by atoms with van der Waals surface area (Å²) in [7, 11) is 1.84. The smallest absolute Gasteiger partial charge is 0.244 e. The minimum atomic E-state index is 0.0566. The lowest BCUT2D eigenvalue weighted by atomic mass is 10.0. The minimum absolute atomic E-state index is 0.0566. The molecule has 2 N–H and O–H groups in total. The number of nitrogens with zero attached hydrogens (tertiary/aromatic N) is 3. The number of carbonyl (C=O) groups is 1. The van der Waals surface area contributed by atoms with Gasteiger partial charge >= 0.3 is 0 Å². The van der Waals surface area contributed by atoms with E-state index in [1.54, 1.807) is 9.58 Å². The van der Waals surface area contributed by atoms with E-state index in [1.807, 2.05) is 20.9 Å². The van der Waals surface area contributed by atoms with Crippen molar-refractivity contribution >= 4 is 11.6 Å². The maximum Gasteiger partial charge on any atom is 0.244 e. The van der Waals surface area contributed by atoms with Crippen molar-refractivity contribution in [2.45, 2.75) is 33.2 Å². The van der Waals surface area contributed by atoms with E-state index >= 15 is 0 Å². The van der Waals surface area contributed by atoms with Crippen LogP contribution in [0.1, 0.15) is 24.2 Å². The SMILES string of the molecule is Cc1nn(CC(=O)N(C)CC2CCCOC2)c(C)c1N. The van der Waals surface area contributed by atoms with Crippen LogP contribution in [0.3, 0.4) is 0 Å². The topological polar surface area (TPSA) is 73.4 Å². The number of amides is 1. The normalized spacial score (nSPS) is 19.1. The van der Waals surface area contributed by atoms with Crippen LogP contribution >= 0.6 is 0 Å². The summed E-state index contributed by atoms with van der Waals surface area (Å²) in [5, 5.41) is 4.30. The lowest BCUT2D eigenvalue weighted by Crippen LogP contribution is -2.37. The fraction of sp³-hybridized carbons (Fsp3) is 0.714. The second-order valence-electron chi connectivity index (χ2n) is 5.60. The molecule has 112 valence electrons. The van der Waals surface area contributed by atoms with Gasteiger partial charge in [-0.05, 0) is 32.6 Å². The lowest BCUT2D eigenvalue weighted by Gasteiger charge is -2.27. The fourth-order valence-electron chi connectivity index (χ4n) is 2.55. The van der Waals surface area contributed by atoms with E-state index in [-0.39, 0.29) is 12.5 Å². The zero-order valence-corrected chi connectivity index (χ0v) is 12.6. The molecule has 1 aromatic heterocycles. The van der Waals surface area contributed by atoms with E-state index in [9.17, 15) is 4.79 Å². The molecule has 0 saturated carbocycles. The Labute approximate surface area is 119 Å². The Bertz CT molecular complexity index is 478. The van der Waals surface area contributed by atoms with Gasteiger partial charge in [-0.15, -0.1) is 0 Å². The number of nitrogen functional groups attached to an aromatic ring is 1. The van der Waals surface area contributed by atoms with Crippen molar-refractivity contribution in [1.29, 1.82) is 0 Å². The number of ether oxygens (including phenoxy) is 1. The average Bonchev–Trinajstić information content (AvgIpc) is 2.67. The molecule has 1 amide bonds. The number of carbonyl (C=O) groups excluding carboxylic acids is 1. The van der Waals surface area contributed by atoms with Crippen molar-refractivity contribution in [2.24, 2.45) is 5.92 Å².